The molecule has 154 valence electrons. The smallest absolute Gasteiger partial charge is 0.269 e. The quantitative estimate of drug-likeness (QED) is 0.720. The number of H-pyrrole nitrogens is 1. The molecule has 8 nitrogen and oxygen atoms in total. The molecule has 4 rings (SSSR count). The molecule has 1 atom stereocenters. The maximum atomic E-state index is 12.3. The van der Waals surface area contributed by atoms with Crippen LogP contribution in [-0.4, -0.2) is 83.6 Å². The van der Waals surface area contributed by atoms with Crippen molar-refractivity contribution in [1.29, 1.82) is 0 Å². The van der Waals surface area contributed by atoms with E-state index in [1.807, 2.05) is 4.90 Å². The number of imidazole rings is 1. The highest BCUT2D eigenvalue weighted by Crippen LogP contribution is 2.31. The molecule has 0 aromatic carbocycles. The fourth-order valence-corrected chi connectivity index (χ4v) is 4.15. The summed E-state index contributed by atoms with van der Waals surface area (Å²) in [7, 11) is 0. The van der Waals surface area contributed by atoms with Crippen molar-refractivity contribution in [1.82, 2.24) is 25.1 Å². The molecule has 2 saturated heterocycles. The number of likely N-dealkylation sites (tertiary alicyclic amines) is 1. The molecule has 0 radical (unpaired) electrons. The molecule has 1 aliphatic carbocycles. The molecule has 0 bridgehead atoms. The number of amides is 2. The van der Waals surface area contributed by atoms with Gasteiger partial charge in [0.1, 0.15) is 18.1 Å². The molecule has 2 amide bonds. The number of piperidine rings is 1. The lowest BCUT2D eigenvalue weighted by atomic mass is 9.95. The minimum Gasteiger partial charge on any atom is -0.365 e. The minimum absolute atomic E-state index is 0.0622. The Morgan fingerprint density at radius 3 is 2.68 bits per heavy atom. The van der Waals surface area contributed by atoms with Gasteiger partial charge in [0.05, 0.1) is 12.3 Å². The molecule has 3 heterocycles. The summed E-state index contributed by atoms with van der Waals surface area (Å²) in [5.74, 6) is 2.08. The summed E-state index contributed by atoms with van der Waals surface area (Å²) in [6.45, 7) is 7.23. The summed E-state index contributed by atoms with van der Waals surface area (Å²) < 4.78 is 5.63. The van der Waals surface area contributed by atoms with Crippen molar-refractivity contribution in [2.45, 2.75) is 38.7 Å². The Labute approximate surface area is 166 Å². The van der Waals surface area contributed by atoms with Crippen LogP contribution in [-0.2, 0) is 9.53 Å². The summed E-state index contributed by atoms with van der Waals surface area (Å²) >= 11 is 0. The third kappa shape index (κ3) is 5.11. The first kappa shape index (κ1) is 19.4. The van der Waals surface area contributed by atoms with E-state index >= 15 is 0 Å². The topological polar surface area (TPSA) is 90.6 Å². The van der Waals surface area contributed by atoms with Gasteiger partial charge in [-0.2, -0.15) is 0 Å². The zero-order valence-corrected chi connectivity index (χ0v) is 16.7. The van der Waals surface area contributed by atoms with E-state index in [4.69, 9.17) is 4.74 Å². The molecule has 2 N–H and O–H groups in total. The van der Waals surface area contributed by atoms with Gasteiger partial charge in [-0.15, -0.1) is 0 Å². The van der Waals surface area contributed by atoms with Gasteiger partial charge in [0.2, 0.25) is 5.91 Å². The predicted molar refractivity (Wildman–Crippen MR) is 104 cm³/mol. The summed E-state index contributed by atoms with van der Waals surface area (Å²) in [6, 6.07) is 0. The molecule has 8 heteroatoms. The summed E-state index contributed by atoms with van der Waals surface area (Å²) in [6.07, 6.45) is 6.49. The Balaban J connectivity index is 1.21. The number of carbonyl (C=O) groups is 2. The van der Waals surface area contributed by atoms with Crippen molar-refractivity contribution in [2.24, 2.45) is 11.8 Å². The lowest BCUT2D eigenvalue weighted by Crippen LogP contribution is -2.52. The van der Waals surface area contributed by atoms with Crippen LogP contribution in [0, 0.1) is 18.8 Å². The number of nitrogens with one attached hydrogen (secondary N) is 2. The Morgan fingerprint density at radius 2 is 2.00 bits per heavy atom. The van der Waals surface area contributed by atoms with Crippen molar-refractivity contribution in [3.8, 4) is 0 Å². The van der Waals surface area contributed by atoms with Crippen LogP contribution in [0.5, 0.6) is 0 Å². The van der Waals surface area contributed by atoms with Gasteiger partial charge in [-0.3, -0.25) is 9.59 Å². The van der Waals surface area contributed by atoms with E-state index in [0.29, 0.717) is 30.5 Å². The molecule has 1 aromatic rings. The Bertz CT molecular complexity index is 694. The Kier molecular flexibility index (Phi) is 5.96. The molecule has 0 spiro atoms. The van der Waals surface area contributed by atoms with Crippen molar-refractivity contribution >= 4 is 11.8 Å². The number of aromatic nitrogens is 2. The number of morpholine rings is 1. The SMILES string of the molecule is Cc1ncc(C(=O)NC[C@H]2CN(CC3CCN(CC4CC4)CC3)C(=O)CO2)[nH]1. The van der Waals surface area contributed by atoms with Crippen LogP contribution in [0.15, 0.2) is 6.20 Å². The van der Waals surface area contributed by atoms with Crippen molar-refractivity contribution < 1.29 is 14.3 Å². The first-order valence-electron chi connectivity index (χ1n) is 10.5. The van der Waals surface area contributed by atoms with Crippen molar-refractivity contribution in [3.05, 3.63) is 17.7 Å². The van der Waals surface area contributed by atoms with Crippen LogP contribution < -0.4 is 5.32 Å². The lowest BCUT2D eigenvalue weighted by molar-refractivity contribution is -0.149. The van der Waals surface area contributed by atoms with E-state index in [-0.39, 0.29) is 24.5 Å². The predicted octanol–water partition coefficient (Wildman–Crippen LogP) is 0.797. The molecular weight excluding hydrogens is 358 g/mol. The third-order valence-corrected chi connectivity index (χ3v) is 6.06. The standard InChI is InChI=1S/C20H31N5O3/c1-14-21-9-18(23-14)20(27)22-8-17-12-25(19(26)13-28-17)11-16-4-6-24(7-5-16)10-15-2-3-15/h9,15-17H,2-8,10-13H2,1H3,(H,21,23)(H,22,27)/t17-/m0/s1. The second kappa shape index (κ2) is 8.61. The zero-order valence-electron chi connectivity index (χ0n) is 16.7. The minimum atomic E-state index is -0.198. The molecule has 1 saturated carbocycles. The molecule has 28 heavy (non-hydrogen) atoms. The number of carbonyl (C=O) groups excluding carboxylic acids is 2. The maximum Gasteiger partial charge on any atom is 0.269 e. The first-order valence-corrected chi connectivity index (χ1v) is 10.5. The molecular formula is C20H31N5O3. The van der Waals surface area contributed by atoms with E-state index in [0.717, 1.165) is 38.4 Å². The van der Waals surface area contributed by atoms with Gasteiger partial charge < -0.3 is 24.8 Å². The second-order valence-electron chi connectivity index (χ2n) is 8.51. The van der Waals surface area contributed by atoms with Gasteiger partial charge in [0.25, 0.3) is 5.91 Å². The van der Waals surface area contributed by atoms with E-state index in [1.165, 1.54) is 25.6 Å². The second-order valence-corrected chi connectivity index (χ2v) is 8.51. The van der Waals surface area contributed by atoms with Crippen LogP contribution in [0.1, 0.15) is 42.0 Å². The van der Waals surface area contributed by atoms with Gasteiger partial charge in [0.15, 0.2) is 0 Å². The van der Waals surface area contributed by atoms with Gasteiger partial charge in [-0.1, -0.05) is 0 Å². The first-order chi connectivity index (χ1) is 13.6. The lowest BCUT2D eigenvalue weighted by Gasteiger charge is -2.38. The maximum absolute atomic E-state index is 12.3. The summed E-state index contributed by atoms with van der Waals surface area (Å²) in [5, 5.41) is 2.87. The summed E-state index contributed by atoms with van der Waals surface area (Å²) in [5.41, 5.74) is 0.444. The average Bonchev–Trinajstić information content (AvgIpc) is 3.40. The van der Waals surface area contributed by atoms with Crippen LogP contribution >= 0.6 is 0 Å². The largest absolute Gasteiger partial charge is 0.365 e. The van der Waals surface area contributed by atoms with Crippen LogP contribution in [0.4, 0.5) is 0 Å². The van der Waals surface area contributed by atoms with E-state index in [1.54, 1.807) is 6.92 Å². The van der Waals surface area contributed by atoms with Crippen LogP contribution in [0.25, 0.3) is 0 Å². The van der Waals surface area contributed by atoms with Crippen LogP contribution in [0.2, 0.25) is 0 Å². The van der Waals surface area contributed by atoms with Crippen molar-refractivity contribution in [3.63, 3.8) is 0 Å². The number of aromatic amines is 1. The van der Waals surface area contributed by atoms with Gasteiger partial charge >= 0.3 is 0 Å². The fourth-order valence-electron chi connectivity index (χ4n) is 4.15. The number of ether oxygens (including phenoxy) is 1. The van der Waals surface area contributed by atoms with Gasteiger partial charge in [-0.05, 0) is 57.5 Å². The number of rotatable bonds is 7. The number of hydrogen-bond donors (Lipinski definition) is 2. The highest BCUT2D eigenvalue weighted by atomic mass is 16.5. The monoisotopic (exact) mass is 389 g/mol. The van der Waals surface area contributed by atoms with E-state index in [2.05, 4.69) is 20.2 Å². The number of hydrogen-bond acceptors (Lipinski definition) is 5. The molecule has 2 aliphatic heterocycles. The number of nitrogens with zero attached hydrogens (tertiary/aromatic N) is 3. The normalized spacial score (nSPS) is 24.5. The third-order valence-electron chi connectivity index (χ3n) is 6.06. The van der Waals surface area contributed by atoms with Gasteiger partial charge in [0, 0.05) is 26.2 Å². The van der Waals surface area contributed by atoms with E-state index < -0.39 is 0 Å². The Morgan fingerprint density at radius 1 is 1.25 bits per heavy atom. The number of aryl methyl sites for hydroxylation is 1. The zero-order chi connectivity index (χ0) is 19.5. The average molecular weight is 390 g/mol. The van der Waals surface area contributed by atoms with E-state index in [9.17, 15) is 9.59 Å². The molecule has 1 aromatic heterocycles. The fraction of sp³-hybridized carbons (Fsp3) is 0.750. The summed E-state index contributed by atoms with van der Waals surface area (Å²) in [4.78, 5) is 35.9. The molecule has 3 fully saturated rings. The highest BCUT2D eigenvalue weighted by Gasteiger charge is 2.31. The molecule has 3 aliphatic rings. The highest BCUT2D eigenvalue weighted by molar-refractivity contribution is 5.92. The Hall–Kier alpha value is -1.93. The molecule has 0 unspecified atom stereocenters. The van der Waals surface area contributed by atoms with Crippen LogP contribution in [0.3, 0.4) is 0 Å². The van der Waals surface area contributed by atoms with Crippen molar-refractivity contribution in [2.75, 3.05) is 45.9 Å². The van der Waals surface area contributed by atoms with Gasteiger partial charge in [-0.25, -0.2) is 4.98 Å².